The van der Waals surface area contributed by atoms with Crippen LogP contribution in [-0.2, 0) is 11.2 Å². The minimum Gasteiger partial charge on any atom is -0.497 e. The molecule has 0 bridgehead atoms. The molecule has 1 heterocycles. The van der Waals surface area contributed by atoms with Crippen molar-refractivity contribution in [3.05, 3.63) is 29.8 Å². The molecule has 0 aromatic heterocycles. The van der Waals surface area contributed by atoms with Gasteiger partial charge in [0, 0.05) is 6.54 Å². The highest BCUT2D eigenvalue weighted by molar-refractivity contribution is 5.27. The number of rotatable bonds is 6. The van der Waals surface area contributed by atoms with Crippen molar-refractivity contribution >= 4 is 0 Å². The molecule has 3 heteroatoms. The largest absolute Gasteiger partial charge is 0.497 e. The lowest BCUT2D eigenvalue weighted by Gasteiger charge is -2.12. The fraction of sp³-hybridized carbons (Fsp3) is 0.600. The SMILES string of the molecule is COc1ccc(CCNCC2CCC(C)O2)cc1. The van der Waals surface area contributed by atoms with Crippen molar-refractivity contribution in [2.75, 3.05) is 20.2 Å². The molecule has 1 N–H and O–H groups in total. The van der Waals surface area contributed by atoms with E-state index in [1.54, 1.807) is 7.11 Å². The summed E-state index contributed by atoms with van der Waals surface area (Å²) in [7, 11) is 1.69. The van der Waals surface area contributed by atoms with Crippen LogP contribution in [0.15, 0.2) is 24.3 Å². The van der Waals surface area contributed by atoms with Crippen LogP contribution in [0.5, 0.6) is 5.75 Å². The molecule has 0 radical (unpaired) electrons. The standard InChI is InChI=1S/C15H23NO2/c1-12-3-6-15(18-12)11-16-10-9-13-4-7-14(17-2)8-5-13/h4-5,7-8,12,15-16H,3,6,9-11H2,1-2H3. The van der Waals surface area contributed by atoms with Gasteiger partial charge in [-0.05, 0) is 50.4 Å². The molecule has 0 spiro atoms. The zero-order valence-corrected chi connectivity index (χ0v) is 11.3. The zero-order valence-electron chi connectivity index (χ0n) is 11.3. The number of benzene rings is 1. The van der Waals surface area contributed by atoms with E-state index in [0.717, 1.165) is 25.3 Å². The van der Waals surface area contributed by atoms with E-state index in [1.807, 2.05) is 12.1 Å². The highest BCUT2D eigenvalue weighted by atomic mass is 16.5. The average molecular weight is 249 g/mol. The Morgan fingerprint density at radius 1 is 1.28 bits per heavy atom. The topological polar surface area (TPSA) is 30.5 Å². The van der Waals surface area contributed by atoms with Crippen molar-refractivity contribution in [3.63, 3.8) is 0 Å². The first-order valence-electron chi connectivity index (χ1n) is 6.77. The van der Waals surface area contributed by atoms with E-state index >= 15 is 0 Å². The second-order valence-corrected chi connectivity index (χ2v) is 4.95. The second kappa shape index (κ2) is 6.76. The first-order chi connectivity index (χ1) is 8.78. The predicted molar refractivity (Wildman–Crippen MR) is 73.1 cm³/mol. The fourth-order valence-electron chi connectivity index (χ4n) is 2.32. The number of hydrogen-bond acceptors (Lipinski definition) is 3. The van der Waals surface area contributed by atoms with Gasteiger partial charge < -0.3 is 14.8 Å². The van der Waals surface area contributed by atoms with Crippen molar-refractivity contribution < 1.29 is 9.47 Å². The molecule has 18 heavy (non-hydrogen) atoms. The Bertz CT molecular complexity index is 350. The second-order valence-electron chi connectivity index (χ2n) is 4.95. The highest BCUT2D eigenvalue weighted by Gasteiger charge is 2.20. The summed E-state index contributed by atoms with van der Waals surface area (Å²) >= 11 is 0. The van der Waals surface area contributed by atoms with Gasteiger partial charge in [0.15, 0.2) is 0 Å². The molecule has 1 aromatic carbocycles. The molecule has 2 atom stereocenters. The molecule has 1 aliphatic heterocycles. The van der Waals surface area contributed by atoms with E-state index < -0.39 is 0 Å². The van der Waals surface area contributed by atoms with Gasteiger partial charge >= 0.3 is 0 Å². The van der Waals surface area contributed by atoms with E-state index in [0.29, 0.717) is 12.2 Å². The molecular formula is C15H23NO2. The van der Waals surface area contributed by atoms with Gasteiger partial charge in [0.25, 0.3) is 0 Å². The summed E-state index contributed by atoms with van der Waals surface area (Å²) in [4.78, 5) is 0. The molecule has 0 amide bonds. The van der Waals surface area contributed by atoms with Gasteiger partial charge in [-0.2, -0.15) is 0 Å². The summed E-state index contributed by atoms with van der Waals surface area (Å²) < 4.78 is 10.9. The molecule has 2 rings (SSSR count). The number of hydrogen-bond donors (Lipinski definition) is 1. The molecule has 1 aliphatic rings. The third kappa shape index (κ3) is 4.00. The third-order valence-corrected chi connectivity index (χ3v) is 3.44. The van der Waals surface area contributed by atoms with Crippen molar-refractivity contribution in [1.82, 2.24) is 5.32 Å². The van der Waals surface area contributed by atoms with Gasteiger partial charge in [-0.3, -0.25) is 0 Å². The van der Waals surface area contributed by atoms with Gasteiger partial charge in [-0.25, -0.2) is 0 Å². The van der Waals surface area contributed by atoms with Crippen LogP contribution in [0.1, 0.15) is 25.3 Å². The van der Waals surface area contributed by atoms with E-state index in [2.05, 4.69) is 24.4 Å². The summed E-state index contributed by atoms with van der Waals surface area (Å²) in [5, 5.41) is 3.47. The number of ether oxygens (including phenoxy) is 2. The van der Waals surface area contributed by atoms with Gasteiger partial charge in [0.1, 0.15) is 5.75 Å². The van der Waals surface area contributed by atoms with Gasteiger partial charge in [-0.15, -0.1) is 0 Å². The molecule has 2 unspecified atom stereocenters. The van der Waals surface area contributed by atoms with Gasteiger partial charge in [0.05, 0.1) is 19.3 Å². The Hall–Kier alpha value is -1.06. The summed E-state index contributed by atoms with van der Waals surface area (Å²) in [6, 6.07) is 8.26. The Morgan fingerprint density at radius 2 is 2.06 bits per heavy atom. The smallest absolute Gasteiger partial charge is 0.118 e. The van der Waals surface area contributed by atoms with Crippen molar-refractivity contribution in [3.8, 4) is 5.75 Å². The molecule has 0 aliphatic carbocycles. The minimum atomic E-state index is 0.413. The lowest BCUT2D eigenvalue weighted by atomic mass is 10.1. The van der Waals surface area contributed by atoms with Gasteiger partial charge in [0.2, 0.25) is 0 Å². The van der Waals surface area contributed by atoms with Crippen LogP contribution in [0.25, 0.3) is 0 Å². The first-order valence-corrected chi connectivity index (χ1v) is 6.77. The van der Waals surface area contributed by atoms with Crippen LogP contribution >= 0.6 is 0 Å². The summed E-state index contributed by atoms with van der Waals surface area (Å²) in [5.74, 6) is 0.917. The average Bonchev–Trinajstić information content (AvgIpc) is 2.81. The Labute approximate surface area is 109 Å². The van der Waals surface area contributed by atoms with Gasteiger partial charge in [-0.1, -0.05) is 12.1 Å². The van der Waals surface area contributed by atoms with E-state index in [-0.39, 0.29) is 0 Å². The highest BCUT2D eigenvalue weighted by Crippen LogP contribution is 2.18. The number of nitrogens with one attached hydrogen (secondary N) is 1. The molecule has 1 fully saturated rings. The lowest BCUT2D eigenvalue weighted by molar-refractivity contribution is 0.0562. The molecule has 100 valence electrons. The normalized spacial score (nSPS) is 23.2. The fourth-order valence-corrected chi connectivity index (χ4v) is 2.32. The van der Waals surface area contributed by atoms with E-state index in [1.165, 1.54) is 18.4 Å². The Kier molecular flexibility index (Phi) is 5.02. The van der Waals surface area contributed by atoms with E-state index in [9.17, 15) is 0 Å². The minimum absolute atomic E-state index is 0.413. The lowest BCUT2D eigenvalue weighted by Crippen LogP contribution is -2.28. The van der Waals surface area contributed by atoms with Crippen LogP contribution < -0.4 is 10.1 Å². The van der Waals surface area contributed by atoms with E-state index in [4.69, 9.17) is 9.47 Å². The van der Waals surface area contributed by atoms with Crippen LogP contribution in [0.2, 0.25) is 0 Å². The van der Waals surface area contributed by atoms with Crippen molar-refractivity contribution in [1.29, 1.82) is 0 Å². The predicted octanol–water partition coefficient (Wildman–Crippen LogP) is 2.39. The zero-order chi connectivity index (χ0) is 12.8. The van der Waals surface area contributed by atoms with Crippen LogP contribution in [-0.4, -0.2) is 32.4 Å². The van der Waals surface area contributed by atoms with Crippen molar-refractivity contribution in [2.24, 2.45) is 0 Å². The summed E-state index contributed by atoms with van der Waals surface area (Å²) in [6.07, 6.45) is 4.29. The molecule has 0 saturated carbocycles. The van der Waals surface area contributed by atoms with Crippen LogP contribution in [0, 0.1) is 0 Å². The van der Waals surface area contributed by atoms with Crippen molar-refractivity contribution in [2.45, 2.75) is 38.4 Å². The summed E-state index contributed by atoms with van der Waals surface area (Å²) in [5.41, 5.74) is 1.34. The van der Waals surface area contributed by atoms with Crippen LogP contribution in [0.4, 0.5) is 0 Å². The molecule has 3 nitrogen and oxygen atoms in total. The third-order valence-electron chi connectivity index (χ3n) is 3.44. The quantitative estimate of drug-likeness (QED) is 0.785. The molecule has 1 saturated heterocycles. The Morgan fingerprint density at radius 3 is 2.67 bits per heavy atom. The Balaban J connectivity index is 1.62. The van der Waals surface area contributed by atoms with Crippen LogP contribution in [0.3, 0.4) is 0 Å². The maximum atomic E-state index is 5.76. The maximum absolute atomic E-state index is 5.76. The molecule has 1 aromatic rings. The maximum Gasteiger partial charge on any atom is 0.118 e. The summed E-state index contributed by atoms with van der Waals surface area (Å²) in [6.45, 7) is 4.12. The number of methoxy groups -OCH3 is 1. The first kappa shape index (κ1) is 13.4. The molecular weight excluding hydrogens is 226 g/mol. The monoisotopic (exact) mass is 249 g/mol.